The van der Waals surface area contributed by atoms with E-state index >= 15 is 0 Å². The van der Waals surface area contributed by atoms with Crippen LogP contribution in [-0.4, -0.2) is 76.3 Å². The maximum atomic E-state index is 12.9. The average molecular weight is 372 g/mol. The number of benzene rings is 1. The number of nitrogens with zero attached hydrogens (tertiary/aromatic N) is 4. The van der Waals surface area contributed by atoms with Crippen LogP contribution < -0.4 is 4.74 Å². The van der Waals surface area contributed by atoms with Crippen LogP contribution in [0, 0.1) is 6.92 Å². The van der Waals surface area contributed by atoms with Crippen molar-refractivity contribution < 1.29 is 14.6 Å². The first-order chi connectivity index (χ1) is 12.9. The van der Waals surface area contributed by atoms with Gasteiger partial charge in [-0.25, -0.2) is 4.98 Å². The molecule has 1 aliphatic rings. The quantitative estimate of drug-likeness (QED) is 0.846. The maximum absolute atomic E-state index is 12.9. The van der Waals surface area contributed by atoms with Gasteiger partial charge in [0.25, 0.3) is 0 Å². The molecule has 0 aliphatic carbocycles. The van der Waals surface area contributed by atoms with Crippen LogP contribution in [0.15, 0.2) is 36.7 Å². The van der Waals surface area contributed by atoms with Crippen molar-refractivity contribution in [1.82, 2.24) is 19.4 Å². The molecule has 1 N–H and O–H groups in total. The van der Waals surface area contributed by atoms with Crippen molar-refractivity contribution in [3.63, 3.8) is 0 Å². The van der Waals surface area contributed by atoms with Gasteiger partial charge in [-0.05, 0) is 31.7 Å². The zero-order valence-corrected chi connectivity index (χ0v) is 16.3. The number of aromatic nitrogens is 2. The number of aliphatic hydroxyl groups is 1. The summed E-state index contributed by atoms with van der Waals surface area (Å²) in [6.45, 7) is 4.49. The van der Waals surface area contributed by atoms with Crippen molar-refractivity contribution in [1.29, 1.82) is 0 Å². The van der Waals surface area contributed by atoms with E-state index in [2.05, 4.69) is 9.88 Å². The molecular formula is C20H28N4O3. The van der Waals surface area contributed by atoms with Gasteiger partial charge in [0.2, 0.25) is 5.91 Å². The summed E-state index contributed by atoms with van der Waals surface area (Å²) in [5.41, 5.74) is -0.0841. The maximum Gasteiger partial charge on any atom is 0.227 e. The van der Waals surface area contributed by atoms with Gasteiger partial charge in [-0.2, -0.15) is 0 Å². The average Bonchev–Trinajstić information content (AvgIpc) is 2.95. The number of imidazole rings is 1. The number of aryl methyl sites for hydroxylation is 1. The molecule has 0 saturated carbocycles. The lowest BCUT2D eigenvalue weighted by atomic mass is 10.0. The van der Waals surface area contributed by atoms with Gasteiger partial charge in [-0.3, -0.25) is 4.79 Å². The second-order valence-electron chi connectivity index (χ2n) is 7.40. The fourth-order valence-corrected chi connectivity index (χ4v) is 3.59. The van der Waals surface area contributed by atoms with E-state index in [-0.39, 0.29) is 5.91 Å². The number of amides is 1. The third-order valence-corrected chi connectivity index (χ3v) is 5.06. The third kappa shape index (κ3) is 4.87. The molecule has 1 unspecified atom stereocenters. The SMILES string of the molecule is COc1ccc(CC(=O)N2CCN(C)CC(O)(Cn3ccnc3C)C2)cc1. The molecule has 0 radical (unpaired) electrons. The fraction of sp³-hybridized carbons (Fsp3) is 0.500. The van der Waals surface area contributed by atoms with Gasteiger partial charge in [0.05, 0.1) is 26.6 Å². The van der Waals surface area contributed by atoms with Crippen molar-refractivity contribution in [2.45, 2.75) is 25.5 Å². The summed E-state index contributed by atoms with van der Waals surface area (Å²) in [5.74, 6) is 1.65. The van der Waals surface area contributed by atoms with Crippen LogP contribution in [0.3, 0.4) is 0 Å². The highest BCUT2D eigenvalue weighted by atomic mass is 16.5. The van der Waals surface area contributed by atoms with Gasteiger partial charge in [-0.15, -0.1) is 0 Å². The first kappa shape index (κ1) is 19.4. The molecule has 2 aromatic rings. The zero-order chi connectivity index (χ0) is 19.4. The number of methoxy groups -OCH3 is 1. The molecule has 1 aromatic carbocycles. The lowest BCUT2D eigenvalue weighted by molar-refractivity contribution is -0.133. The first-order valence-corrected chi connectivity index (χ1v) is 9.18. The monoisotopic (exact) mass is 372 g/mol. The summed E-state index contributed by atoms with van der Waals surface area (Å²) < 4.78 is 7.10. The van der Waals surface area contributed by atoms with E-state index < -0.39 is 5.60 Å². The number of carbonyl (C=O) groups excluding carboxylic acids is 1. The summed E-state index contributed by atoms with van der Waals surface area (Å²) in [4.78, 5) is 21.0. The molecule has 1 fully saturated rings. The molecule has 0 bridgehead atoms. The third-order valence-electron chi connectivity index (χ3n) is 5.06. The Morgan fingerprint density at radius 1 is 1.26 bits per heavy atom. The molecule has 27 heavy (non-hydrogen) atoms. The second-order valence-corrected chi connectivity index (χ2v) is 7.40. The summed E-state index contributed by atoms with van der Waals surface area (Å²) >= 11 is 0. The lowest BCUT2D eigenvalue weighted by Crippen LogP contribution is -2.50. The van der Waals surface area contributed by atoms with E-state index in [1.807, 2.05) is 49.0 Å². The summed E-state index contributed by atoms with van der Waals surface area (Å²) in [7, 11) is 3.60. The first-order valence-electron chi connectivity index (χ1n) is 9.18. The minimum Gasteiger partial charge on any atom is -0.497 e. The van der Waals surface area contributed by atoms with Crippen LogP contribution in [0.2, 0.25) is 0 Å². The van der Waals surface area contributed by atoms with Gasteiger partial charge in [-0.1, -0.05) is 12.1 Å². The Labute approximate surface area is 160 Å². The normalized spacial score (nSPS) is 21.1. The molecule has 0 spiro atoms. The summed E-state index contributed by atoms with van der Waals surface area (Å²) in [6.07, 6.45) is 3.90. The Balaban J connectivity index is 1.71. The van der Waals surface area contributed by atoms with E-state index in [9.17, 15) is 9.90 Å². The molecule has 1 aliphatic heterocycles. The molecular weight excluding hydrogens is 344 g/mol. The molecule has 3 rings (SSSR count). The Hall–Kier alpha value is -2.38. The van der Waals surface area contributed by atoms with Crippen LogP contribution in [0.25, 0.3) is 0 Å². The highest BCUT2D eigenvalue weighted by molar-refractivity contribution is 5.79. The summed E-state index contributed by atoms with van der Waals surface area (Å²) in [6, 6.07) is 7.53. The second kappa shape index (κ2) is 8.10. The smallest absolute Gasteiger partial charge is 0.227 e. The Bertz CT molecular complexity index is 774. The van der Waals surface area contributed by atoms with Gasteiger partial charge >= 0.3 is 0 Å². The topological polar surface area (TPSA) is 70.8 Å². The predicted molar refractivity (Wildman–Crippen MR) is 103 cm³/mol. The molecule has 2 heterocycles. The number of hydrogen-bond acceptors (Lipinski definition) is 5. The molecule has 7 nitrogen and oxygen atoms in total. The predicted octanol–water partition coefficient (Wildman–Crippen LogP) is 0.948. The van der Waals surface area contributed by atoms with E-state index in [1.54, 1.807) is 18.2 Å². The Morgan fingerprint density at radius 2 is 2.00 bits per heavy atom. The number of carbonyl (C=O) groups is 1. The fourth-order valence-electron chi connectivity index (χ4n) is 3.59. The molecule has 1 saturated heterocycles. The van der Waals surface area contributed by atoms with Crippen LogP contribution in [-0.2, 0) is 17.8 Å². The number of hydrogen-bond donors (Lipinski definition) is 1. The molecule has 1 amide bonds. The minimum atomic E-state index is -1.02. The molecule has 7 heteroatoms. The Morgan fingerprint density at radius 3 is 2.63 bits per heavy atom. The number of likely N-dealkylation sites (N-methyl/N-ethyl adjacent to an activating group) is 1. The van der Waals surface area contributed by atoms with E-state index in [1.165, 1.54) is 0 Å². The standard InChI is InChI=1S/C20H28N4O3/c1-16-21-8-9-23(16)14-20(26)13-22(2)10-11-24(15-20)19(25)12-17-4-6-18(27-3)7-5-17/h4-9,26H,10-15H2,1-3H3. The number of β-amino-alcohol motifs (C(OH)–C–C–N with tert-alkyl or cyclic N) is 1. The van der Waals surface area contributed by atoms with Gasteiger partial charge in [0, 0.05) is 32.0 Å². The van der Waals surface area contributed by atoms with Crippen molar-refractivity contribution in [3.05, 3.63) is 48.0 Å². The summed E-state index contributed by atoms with van der Waals surface area (Å²) in [5, 5.41) is 11.3. The molecule has 1 aromatic heterocycles. The van der Waals surface area contributed by atoms with Crippen molar-refractivity contribution >= 4 is 5.91 Å². The minimum absolute atomic E-state index is 0.0243. The van der Waals surface area contributed by atoms with Gasteiger partial charge < -0.3 is 24.2 Å². The highest BCUT2D eigenvalue weighted by Gasteiger charge is 2.36. The van der Waals surface area contributed by atoms with Crippen molar-refractivity contribution in [2.75, 3.05) is 40.3 Å². The number of rotatable bonds is 5. The zero-order valence-electron chi connectivity index (χ0n) is 16.3. The van der Waals surface area contributed by atoms with Crippen molar-refractivity contribution in [2.24, 2.45) is 0 Å². The van der Waals surface area contributed by atoms with Crippen LogP contribution in [0.4, 0.5) is 0 Å². The number of ether oxygens (including phenoxy) is 1. The van der Waals surface area contributed by atoms with Gasteiger partial charge in [0.15, 0.2) is 0 Å². The van der Waals surface area contributed by atoms with E-state index in [4.69, 9.17) is 4.74 Å². The molecule has 146 valence electrons. The van der Waals surface area contributed by atoms with E-state index in [0.717, 1.165) is 23.7 Å². The van der Waals surface area contributed by atoms with Crippen LogP contribution in [0.1, 0.15) is 11.4 Å². The highest BCUT2D eigenvalue weighted by Crippen LogP contribution is 2.19. The Kier molecular flexibility index (Phi) is 5.82. The van der Waals surface area contributed by atoms with Crippen LogP contribution in [0.5, 0.6) is 5.75 Å². The van der Waals surface area contributed by atoms with E-state index in [0.29, 0.717) is 32.6 Å². The molecule has 1 atom stereocenters. The van der Waals surface area contributed by atoms with Crippen molar-refractivity contribution in [3.8, 4) is 5.75 Å². The lowest BCUT2D eigenvalue weighted by Gasteiger charge is -2.33. The largest absolute Gasteiger partial charge is 0.497 e. The van der Waals surface area contributed by atoms with Gasteiger partial charge in [0.1, 0.15) is 17.2 Å². The van der Waals surface area contributed by atoms with Crippen LogP contribution >= 0.6 is 0 Å².